The molecule has 3 fully saturated rings. The fourth-order valence-corrected chi connectivity index (χ4v) is 9.67. The van der Waals surface area contributed by atoms with Gasteiger partial charge in [0.2, 0.25) is 0 Å². The molecule has 0 bridgehead atoms. The molecule has 3 aliphatic carbocycles. The SMILES string of the molecule is CC(C)=CCc1cccc2[nH]c3c(c12)C[C@@H]1CCC2C45OC4CC(C(C)(C)OC(O)C=C(C)C)OC5=CC[C@]2(C)[C@@]31C. The van der Waals surface area contributed by atoms with E-state index >= 15 is 0 Å². The molecule has 5 aliphatic rings. The Morgan fingerprint density at radius 3 is 2.69 bits per heavy atom. The average molecular weight is 572 g/mol. The highest BCUT2D eigenvalue weighted by atomic mass is 16.7. The Morgan fingerprint density at radius 2 is 1.95 bits per heavy atom. The molecule has 5 unspecified atom stereocenters. The maximum absolute atomic E-state index is 10.5. The van der Waals surface area contributed by atoms with Crippen molar-refractivity contribution in [2.75, 3.05) is 0 Å². The summed E-state index contributed by atoms with van der Waals surface area (Å²) in [6.07, 6.45) is 11.8. The van der Waals surface area contributed by atoms with E-state index in [0.717, 1.165) is 37.0 Å². The van der Waals surface area contributed by atoms with Crippen LogP contribution >= 0.6 is 0 Å². The summed E-state index contributed by atoms with van der Waals surface area (Å²) in [6.45, 7) is 17.5. The molecule has 1 saturated carbocycles. The normalized spacial score (nSPS) is 36.8. The highest BCUT2D eigenvalue weighted by Crippen LogP contribution is 2.73. The molecule has 3 heterocycles. The number of allylic oxidation sites excluding steroid dienone is 4. The Hall–Kier alpha value is -2.34. The molecule has 5 heteroatoms. The first kappa shape index (κ1) is 28.4. The minimum Gasteiger partial charge on any atom is -0.489 e. The summed E-state index contributed by atoms with van der Waals surface area (Å²) in [7, 11) is 0. The summed E-state index contributed by atoms with van der Waals surface area (Å²) in [5, 5.41) is 12.0. The van der Waals surface area contributed by atoms with Crippen LogP contribution in [0, 0.1) is 17.3 Å². The predicted octanol–water partition coefficient (Wildman–Crippen LogP) is 7.82. The molecule has 7 rings (SSSR count). The summed E-state index contributed by atoms with van der Waals surface area (Å²) >= 11 is 0. The number of nitrogens with one attached hydrogen (secondary N) is 1. The van der Waals surface area contributed by atoms with Crippen LogP contribution in [0.1, 0.15) is 97.9 Å². The van der Waals surface area contributed by atoms with Gasteiger partial charge < -0.3 is 24.3 Å². The molecule has 1 spiro atoms. The van der Waals surface area contributed by atoms with Gasteiger partial charge in [-0.1, -0.05) is 43.2 Å². The lowest BCUT2D eigenvalue weighted by Crippen LogP contribution is -2.61. The first-order valence-corrected chi connectivity index (χ1v) is 16.1. The van der Waals surface area contributed by atoms with Gasteiger partial charge in [-0.05, 0) is 114 Å². The van der Waals surface area contributed by atoms with Crippen molar-refractivity contribution in [3.8, 4) is 0 Å². The first-order valence-electron chi connectivity index (χ1n) is 16.1. The number of H-pyrrole nitrogens is 1. The Labute approximate surface area is 251 Å². The van der Waals surface area contributed by atoms with Crippen molar-refractivity contribution >= 4 is 10.9 Å². The van der Waals surface area contributed by atoms with Crippen molar-refractivity contribution in [2.24, 2.45) is 17.3 Å². The van der Waals surface area contributed by atoms with E-state index in [-0.39, 0.29) is 28.6 Å². The number of rotatable bonds is 6. The van der Waals surface area contributed by atoms with Crippen LogP contribution in [0.15, 0.2) is 53.3 Å². The Balaban J connectivity index is 1.23. The average Bonchev–Trinajstić information content (AvgIpc) is 3.41. The molecular formula is C37H49NO4. The highest BCUT2D eigenvalue weighted by molar-refractivity contribution is 5.89. The number of epoxide rings is 1. The third-order valence-electron chi connectivity index (χ3n) is 12.0. The molecule has 1 aromatic carbocycles. The number of aliphatic hydroxyl groups is 1. The van der Waals surface area contributed by atoms with Gasteiger partial charge in [-0.15, -0.1) is 0 Å². The Kier molecular flexibility index (Phi) is 6.32. The molecule has 0 amide bonds. The molecular weight excluding hydrogens is 522 g/mol. The van der Waals surface area contributed by atoms with E-state index in [2.05, 4.69) is 63.0 Å². The third kappa shape index (κ3) is 3.85. The second-order valence-corrected chi connectivity index (χ2v) is 15.3. The first-order chi connectivity index (χ1) is 19.8. The maximum Gasteiger partial charge on any atom is 0.175 e. The molecule has 8 atom stereocenters. The topological polar surface area (TPSA) is 67.0 Å². The summed E-state index contributed by atoms with van der Waals surface area (Å²) < 4.78 is 19.7. The standard InChI is InChI=1S/C37H49NO4/c1-21(2)12-13-23-10-9-11-26-32(23)25-19-24-14-15-27-35(7,36(24,8)33(25)38-26)17-16-28-37(27)30(41-37)20-29(40-28)34(5,6)42-31(39)18-22(3)4/h9-12,16,18,24,27,29-31,38-39H,13-15,17,19-20H2,1-8H3/t24-,27?,29?,30?,31?,35-,36+,37?/m0/s1. The van der Waals surface area contributed by atoms with Crippen molar-refractivity contribution in [3.63, 3.8) is 0 Å². The largest absolute Gasteiger partial charge is 0.489 e. The fourth-order valence-electron chi connectivity index (χ4n) is 9.67. The molecule has 42 heavy (non-hydrogen) atoms. The Morgan fingerprint density at radius 1 is 1.17 bits per heavy atom. The van der Waals surface area contributed by atoms with E-state index < -0.39 is 11.9 Å². The van der Waals surface area contributed by atoms with E-state index in [0.29, 0.717) is 11.8 Å². The molecule has 5 nitrogen and oxygen atoms in total. The van der Waals surface area contributed by atoms with Crippen LogP contribution in [-0.2, 0) is 32.5 Å². The van der Waals surface area contributed by atoms with Crippen molar-refractivity contribution < 1.29 is 19.3 Å². The number of fused-ring (bicyclic) bond motifs is 7. The van der Waals surface area contributed by atoms with Crippen LogP contribution in [0.5, 0.6) is 0 Å². The molecule has 2 N–H and O–H groups in total. The van der Waals surface area contributed by atoms with Crippen LogP contribution in [0.4, 0.5) is 0 Å². The summed E-state index contributed by atoms with van der Waals surface area (Å²) in [5.74, 6) is 2.05. The van der Waals surface area contributed by atoms with E-state index in [4.69, 9.17) is 14.2 Å². The van der Waals surface area contributed by atoms with Gasteiger partial charge >= 0.3 is 0 Å². The molecule has 226 valence electrons. The second-order valence-electron chi connectivity index (χ2n) is 15.3. The molecule has 2 saturated heterocycles. The van der Waals surface area contributed by atoms with E-state index in [9.17, 15) is 5.11 Å². The van der Waals surface area contributed by atoms with Crippen molar-refractivity contribution in [1.29, 1.82) is 0 Å². The van der Waals surface area contributed by atoms with Crippen LogP contribution in [0.2, 0.25) is 0 Å². The van der Waals surface area contributed by atoms with Gasteiger partial charge in [0.1, 0.15) is 17.5 Å². The van der Waals surface area contributed by atoms with Gasteiger partial charge in [-0.25, -0.2) is 0 Å². The van der Waals surface area contributed by atoms with Crippen LogP contribution in [0.3, 0.4) is 0 Å². The quantitative estimate of drug-likeness (QED) is 0.211. The summed E-state index contributed by atoms with van der Waals surface area (Å²) in [4.78, 5) is 4.00. The lowest BCUT2D eigenvalue weighted by molar-refractivity contribution is -0.198. The van der Waals surface area contributed by atoms with E-state index in [1.165, 1.54) is 40.6 Å². The highest BCUT2D eigenvalue weighted by Gasteiger charge is 2.77. The van der Waals surface area contributed by atoms with Crippen LogP contribution in [0.25, 0.3) is 10.9 Å². The minimum absolute atomic E-state index is 0.0407. The molecule has 0 radical (unpaired) electrons. The smallest absolute Gasteiger partial charge is 0.175 e. The van der Waals surface area contributed by atoms with Gasteiger partial charge in [0.15, 0.2) is 11.9 Å². The number of benzene rings is 1. The zero-order chi connectivity index (χ0) is 29.8. The number of ether oxygens (including phenoxy) is 3. The molecule has 2 aliphatic heterocycles. The summed E-state index contributed by atoms with van der Waals surface area (Å²) in [5.41, 5.74) is 7.29. The van der Waals surface area contributed by atoms with Crippen molar-refractivity contribution in [3.05, 3.63) is 70.2 Å². The lowest BCUT2D eigenvalue weighted by Gasteiger charge is -2.60. The number of aromatic nitrogens is 1. The molecule has 1 aromatic heterocycles. The minimum atomic E-state index is -0.949. The molecule has 2 aromatic rings. The van der Waals surface area contributed by atoms with Gasteiger partial charge in [-0.3, -0.25) is 0 Å². The maximum atomic E-state index is 10.5. The van der Waals surface area contributed by atoms with Crippen LogP contribution in [-0.4, -0.2) is 39.8 Å². The fraction of sp³-hybridized carbons (Fsp3) is 0.622. The Bertz CT molecular complexity index is 1520. The lowest BCUT2D eigenvalue weighted by atomic mass is 9.44. The number of hydrogen-bond donors (Lipinski definition) is 2. The van der Waals surface area contributed by atoms with E-state index in [1.807, 2.05) is 27.7 Å². The van der Waals surface area contributed by atoms with Gasteiger partial charge in [0, 0.05) is 34.4 Å². The van der Waals surface area contributed by atoms with Crippen molar-refractivity contribution in [2.45, 2.75) is 129 Å². The zero-order valence-electron chi connectivity index (χ0n) is 26.8. The monoisotopic (exact) mass is 571 g/mol. The second kappa shape index (κ2) is 9.33. The number of aliphatic hydroxyl groups excluding tert-OH is 1. The third-order valence-corrected chi connectivity index (χ3v) is 12.0. The zero-order valence-corrected chi connectivity index (χ0v) is 26.8. The predicted molar refractivity (Wildman–Crippen MR) is 167 cm³/mol. The van der Waals surface area contributed by atoms with Gasteiger partial charge in [-0.2, -0.15) is 0 Å². The number of aromatic amines is 1. The van der Waals surface area contributed by atoms with Gasteiger partial charge in [0.25, 0.3) is 0 Å². The number of hydrogen-bond acceptors (Lipinski definition) is 4. The summed E-state index contributed by atoms with van der Waals surface area (Å²) in [6, 6.07) is 6.80. The van der Waals surface area contributed by atoms with Gasteiger partial charge in [0.05, 0.1) is 6.10 Å². The van der Waals surface area contributed by atoms with E-state index in [1.54, 1.807) is 11.6 Å². The van der Waals surface area contributed by atoms with Crippen LogP contribution < -0.4 is 0 Å². The van der Waals surface area contributed by atoms with Crippen molar-refractivity contribution in [1.82, 2.24) is 4.98 Å².